The quantitative estimate of drug-likeness (QED) is 0.820. The molecule has 3 heteroatoms. The Kier molecular flexibility index (Phi) is 3.57. The van der Waals surface area contributed by atoms with E-state index in [1.54, 1.807) is 0 Å². The van der Waals surface area contributed by atoms with Crippen LogP contribution in [-0.2, 0) is 0 Å². The van der Waals surface area contributed by atoms with E-state index < -0.39 is 0 Å². The molecule has 3 nitrogen and oxygen atoms in total. The van der Waals surface area contributed by atoms with Gasteiger partial charge in [0.1, 0.15) is 5.75 Å². The zero-order valence-electron chi connectivity index (χ0n) is 10.8. The molecule has 0 aliphatic heterocycles. The molecule has 0 spiro atoms. The van der Waals surface area contributed by atoms with Crippen molar-refractivity contribution < 1.29 is 4.74 Å². The van der Waals surface area contributed by atoms with Gasteiger partial charge in [0.05, 0.1) is 6.61 Å². The van der Waals surface area contributed by atoms with E-state index in [-0.39, 0.29) is 0 Å². The first-order valence-electron chi connectivity index (χ1n) is 6.33. The Hall–Kier alpha value is -1.22. The number of hydrogen-bond acceptors (Lipinski definition) is 3. The summed E-state index contributed by atoms with van der Waals surface area (Å²) in [6.45, 7) is 4.56. The second-order valence-corrected chi connectivity index (χ2v) is 4.99. The van der Waals surface area contributed by atoms with Crippen LogP contribution in [0.25, 0.3) is 0 Å². The molecule has 0 radical (unpaired) electrons. The first-order valence-corrected chi connectivity index (χ1v) is 6.33. The lowest BCUT2D eigenvalue weighted by molar-refractivity contribution is 0.340. The average Bonchev–Trinajstić information content (AvgIpc) is 3.11. The third-order valence-corrected chi connectivity index (χ3v) is 3.55. The summed E-state index contributed by atoms with van der Waals surface area (Å²) in [7, 11) is 2.13. The number of rotatable bonds is 6. The largest absolute Gasteiger partial charge is 0.494 e. The van der Waals surface area contributed by atoms with Gasteiger partial charge in [0.15, 0.2) is 0 Å². The molecule has 1 fully saturated rings. The van der Waals surface area contributed by atoms with Gasteiger partial charge in [-0.2, -0.15) is 0 Å². The summed E-state index contributed by atoms with van der Waals surface area (Å²) in [5, 5.41) is 0. The van der Waals surface area contributed by atoms with E-state index in [4.69, 9.17) is 10.5 Å². The number of ether oxygens (including phenoxy) is 1. The van der Waals surface area contributed by atoms with E-state index in [1.165, 1.54) is 18.5 Å². The highest BCUT2D eigenvalue weighted by Crippen LogP contribution is 2.45. The molecular weight excluding hydrogens is 212 g/mol. The highest BCUT2D eigenvalue weighted by atomic mass is 16.5. The van der Waals surface area contributed by atoms with E-state index in [1.807, 2.05) is 19.1 Å². The topological polar surface area (TPSA) is 38.5 Å². The lowest BCUT2D eigenvalue weighted by atomic mass is 10.1. The van der Waals surface area contributed by atoms with Crippen LogP contribution < -0.4 is 15.4 Å². The third-order valence-electron chi connectivity index (χ3n) is 3.55. The predicted molar refractivity (Wildman–Crippen MR) is 71.6 cm³/mol. The molecule has 0 amide bonds. The summed E-state index contributed by atoms with van der Waals surface area (Å²) in [6.07, 6.45) is 2.54. The minimum absolute atomic E-state index is 0.382. The van der Waals surface area contributed by atoms with Gasteiger partial charge in [-0.25, -0.2) is 0 Å². The molecule has 0 atom stereocenters. The van der Waals surface area contributed by atoms with E-state index in [9.17, 15) is 0 Å². The molecule has 1 aliphatic rings. The molecule has 1 aromatic carbocycles. The number of nitrogens with zero attached hydrogens (tertiary/aromatic N) is 1. The summed E-state index contributed by atoms with van der Waals surface area (Å²) >= 11 is 0. The van der Waals surface area contributed by atoms with Gasteiger partial charge < -0.3 is 15.4 Å². The zero-order valence-corrected chi connectivity index (χ0v) is 10.8. The first kappa shape index (κ1) is 12.2. The zero-order chi connectivity index (χ0) is 12.3. The van der Waals surface area contributed by atoms with Gasteiger partial charge >= 0.3 is 0 Å². The molecule has 0 aromatic heterocycles. The minimum atomic E-state index is 0.382. The van der Waals surface area contributed by atoms with Gasteiger partial charge in [-0.05, 0) is 50.6 Å². The molecule has 0 bridgehead atoms. The predicted octanol–water partition coefficient (Wildman–Crippen LogP) is 2.26. The van der Waals surface area contributed by atoms with Crippen molar-refractivity contribution in [2.75, 3.05) is 31.6 Å². The second kappa shape index (κ2) is 4.96. The van der Waals surface area contributed by atoms with Crippen molar-refractivity contribution in [2.45, 2.75) is 19.8 Å². The highest BCUT2D eigenvalue weighted by molar-refractivity contribution is 5.48. The smallest absolute Gasteiger partial charge is 0.119 e. The molecule has 2 rings (SSSR count). The maximum Gasteiger partial charge on any atom is 0.119 e. The number of nitrogens with two attached hydrogens (primary N) is 1. The number of hydrogen-bond donors (Lipinski definition) is 1. The summed E-state index contributed by atoms with van der Waals surface area (Å²) in [5.74, 6) is 0.935. The Bertz CT molecular complexity index is 357. The normalized spacial score (nSPS) is 16.6. The standard InChI is InChI=1S/C14H22N2O/c1-3-17-13-6-4-12(5-7-13)16(2)11-14(10-15)8-9-14/h4-7H,3,8-11,15H2,1-2H3. The molecule has 0 unspecified atom stereocenters. The van der Waals surface area contributed by atoms with Crippen LogP contribution in [0, 0.1) is 5.41 Å². The molecule has 0 heterocycles. The third kappa shape index (κ3) is 2.91. The highest BCUT2D eigenvalue weighted by Gasteiger charge is 2.41. The molecule has 1 aromatic rings. The SMILES string of the molecule is CCOc1ccc(N(C)CC2(CN)CC2)cc1. The fraction of sp³-hybridized carbons (Fsp3) is 0.571. The average molecular weight is 234 g/mol. The fourth-order valence-corrected chi connectivity index (χ4v) is 2.16. The lowest BCUT2D eigenvalue weighted by Crippen LogP contribution is -2.31. The summed E-state index contributed by atoms with van der Waals surface area (Å²) < 4.78 is 5.44. The molecule has 1 aliphatic carbocycles. The van der Waals surface area contributed by atoms with Crippen LogP contribution in [-0.4, -0.2) is 26.7 Å². The van der Waals surface area contributed by atoms with Gasteiger partial charge in [0, 0.05) is 24.7 Å². The van der Waals surface area contributed by atoms with E-state index in [0.717, 1.165) is 18.8 Å². The van der Waals surface area contributed by atoms with Crippen LogP contribution in [0.15, 0.2) is 24.3 Å². The van der Waals surface area contributed by atoms with Crippen LogP contribution in [0.2, 0.25) is 0 Å². The lowest BCUT2D eigenvalue weighted by Gasteiger charge is -2.24. The van der Waals surface area contributed by atoms with Crippen LogP contribution in [0.5, 0.6) is 5.75 Å². The first-order chi connectivity index (χ1) is 8.19. The van der Waals surface area contributed by atoms with Gasteiger partial charge in [0.25, 0.3) is 0 Å². The monoisotopic (exact) mass is 234 g/mol. The summed E-state index contributed by atoms with van der Waals surface area (Å²) in [6, 6.07) is 8.27. The van der Waals surface area contributed by atoms with Crippen molar-refractivity contribution in [3.63, 3.8) is 0 Å². The maximum atomic E-state index is 5.81. The molecule has 94 valence electrons. The Morgan fingerprint density at radius 3 is 2.41 bits per heavy atom. The summed E-state index contributed by atoms with van der Waals surface area (Å²) in [5.41, 5.74) is 7.42. The Labute approximate surface area is 104 Å². The van der Waals surface area contributed by atoms with Crippen LogP contribution in [0.3, 0.4) is 0 Å². The van der Waals surface area contributed by atoms with Crippen LogP contribution in [0.4, 0.5) is 5.69 Å². The van der Waals surface area contributed by atoms with E-state index in [2.05, 4.69) is 24.1 Å². The molecule has 0 saturated heterocycles. The van der Waals surface area contributed by atoms with Gasteiger partial charge in [-0.1, -0.05) is 0 Å². The van der Waals surface area contributed by atoms with E-state index >= 15 is 0 Å². The molecule has 1 saturated carbocycles. The maximum absolute atomic E-state index is 5.81. The molecular formula is C14H22N2O. The van der Waals surface area contributed by atoms with Gasteiger partial charge in [-0.3, -0.25) is 0 Å². The van der Waals surface area contributed by atoms with Gasteiger partial charge in [0.2, 0.25) is 0 Å². The number of benzene rings is 1. The fourth-order valence-electron chi connectivity index (χ4n) is 2.16. The second-order valence-electron chi connectivity index (χ2n) is 4.99. The Morgan fingerprint density at radius 1 is 1.29 bits per heavy atom. The van der Waals surface area contributed by atoms with Crippen molar-refractivity contribution >= 4 is 5.69 Å². The number of anilines is 1. The van der Waals surface area contributed by atoms with Crippen molar-refractivity contribution in [3.8, 4) is 5.75 Å². The van der Waals surface area contributed by atoms with Crippen molar-refractivity contribution in [3.05, 3.63) is 24.3 Å². The minimum Gasteiger partial charge on any atom is -0.494 e. The Balaban J connectivity index is 1.96. The van der Waals surface area contributed by atoms with Crippen molar-refractivity contribution in [1.82, 2.24) is 0 Å². The van der Waals surface area contributed by atoms with Crippen molar-refractivity contribution in [1.29, 1.82) is 0 Å². The van der Waals surface area contributed by atoms with Crippen LogP contribution >= 0.6 is 0 Å². The molecule has 17 heavy (non-hydrogen) atoms. The van der Waals surface area contributed by atoms with Crippen LogP contribution in [0.1, 0.15) is 19.8 Å². The molecule has 2 N–H and O–H groups in total. The van der Waals surface area contributed by atoms with Crippen molar-refractivity contribution in [2.24, 2.45) is 11.1 Å². The Morgan fingerprint density at radius 2 is 1.94 bits per heavy atom. The summed E-state index contributed by atoms with van der Waals surface area (Å²) in [4.78, 5) is 2.29. The van der Waals surface area contributed by atoms with Gasteiger partial charge in [-0.15, -0.1) is 0 Å². The van der Waals surface area contributed by atoms with E-state index in [0.29, 0.717) is 12.0 Å².